The second-order valence-electron chi connectivity index (χ2n) is 3.60. The molecule has 0 amide bonds. The minimum Gasteiger partial charge on any atom is -0.465 e. The maximum absolute atomic E-state index is 11.0. The number of aliphatic hydroxyl groups is 2. The summed E-state index contributed by atoms with van der Waals surface area (Å²) >= 11 is 0. The fraction of sp³-hybridized carbons (Fsp3) is 0.875. The first-order chi connectivity index (χ1) is 5.68. The van der Waals surface area contributed by atoms with E-state index in [-0.39, 0.29) is 17.8 Å². The molecule has 4 heteroatoms. The molecule has 4 nitrogen and oxygen atoms in total. The minimum atomic E-state index is -0.753. The average molecular weight is 172 g/mol. The van der Waals surface area contributed by atoms with Crippen molar-refractivity contribution in [2.75, 3.05) is 6.61 Å². The molecule has 2 N–H and O–H groups in total. The standard InChI is InChI=1S/C8H12O4/c9-6-1-4-3-12-8(11)5(4)2-7(6)10/h4-7,9-10H,1-3H2. The molecule has 0 spiro atoms. The third-order valence-corrected chi connectivity index (χ3v) is 2.80. The van der Waals surface area contributed by atoms with E-state index in [0.29, 0.717) is 19.4 Å². The predicted octanol–water partition coefficient (Wildman–Crippen LogP) is -0.709. The van der Waals surface area contributed by atoms with Gasteiger partial charge in [-0.3, -0.25) is 4.79 Å². The topological polar surface area (TPSA) is 66.8 Å². The van der Waals surface area contributed by atoms with E-state index in [9.17, 15) is 15.0 Å². The Morgan fingerprint density at radius 2 is 1.92 bits per heavy atom. The van der Waals surface area contributed by atoms with Crippen molar-refractivity contribution in [3.05, 3.63) is 0 Å². The van der Waals surface area contributed by atoms with Gasteiger partial charge in [-0.1, -0.05) is 0 Å². The van der Waals surface area contributed by atoms with Crippen molar-refractivity contribution in [3.63, 3.8) is 0 Å². The summed E-state index contributed by atoms with van der Waals surface area (Å²) < 4.78 is 4.84. The Balaban J connectivity index is 2.09. The summed E-state index contributed by atoms with van der Waals surface area (Å²) in [5.74, 6) is -0.273. The molecule has 1 heterocycles. The van der Waals surface area contributed by atoms with Crippen LogP contribution in [0.4, 0.5) is 0 Å². The van der Waals surface area contributed by atoms with E-state index in [1.54, 1.807) is 0 Å². The van der Waals surface area contributed by atoms with Gasteiger partial charge in [-0.05, 0) is 12.8 Å². The summed E-state index contributed by atoms with van der Waals surface area (Å²) in [4.78, 5) is 11.0. The Hall–Kier alpha value is -0.610. The molecule has 1 aliphatic carbocycles. The second-order valence-corrected chi connectivity index (χ2v) is 3.60. The summed E-state index contributed by atoms with van der Waals surface area (Å²) in [6.45, 7) is 0.410. The molecule has 0 aromatic rings. The number of ether oxygens (including phenoxy) is 1. The molecule has 2 rings (SSSR count). The van der Waals surface area contributed by atoms with E-state index in [2.05, 4.69) is 0 Å². The van der Waals surface area contributed by atoms with E-state index < -0.39 is 12.2 Å². The summed E-state index contributed by atoms with van der Waals surface area (Å²) in [6, 6.07) is 0. The van der Waals surface area contributed by atoms with Crippen LogP contribution in [0.15, 0.2) is 0 Å². The van der Waals surface area contributed by atoms with Gasteiger partial charge in [-0.2, -0.15) is 0 Å². The molecule has 0 aromatic heterocycles. The Morgan fingerprint density at radius 3 is 2.67 bits per heavy atom. The largest absolute Gasteiger partial charge is 0.465 e. The van der Waals surface area contributed by atoms with Crippen LogP contribution in [0.25, 0.3) is 0 Å². The third kappa shape index (κ3) is 1.11. The molecular formula is C8H12O4. The lowest BCUT2D eigenvalue weighted by atomic mass is 9.78. The number of aliphatic hydroxyl groups excluding tert-OH is 2. The Kier molecular flexibility index (Phi) is 1.81. The number of hydrogen-bond acceptors (Lipinski definition) is 4. The van der Waals surface area contributed by atoms with Crippen molar-refractivity contribution in [3.8, 4) is 0 Å². The monoisotopic (exact) mass is 172 g/mol. The molecule has 2 aliphatic rings. The zero-order chi connectivity index (χ0) is 8.72. The molecular weight excluding hydrogens is 160 g/mol. The SMILES string of the molecule is O=C1OCC2CC(O)C(O)CC12. The lowest BCUT2D eigenvalue weighted by molar-refractivity contribution is -0.143. The Bertz CT molecular complexity index is 203. The average Bonchev–Trinajstić information content (AvgIpc) is 2.35. The van der Waals surface area contributed by atoms with Gasteiger partial charge >= 0.3 is 5.97 Å². The molecule has 4 atom stereocenters. The Morgan fingerprint density at radius 1 is 1.25 bits per heavy atom. The summed E-state index contributed by atoms with van der Waals surface area (Å²) in [7, 11) is 0. The molecule has 2 fully saturated rings. The van der Waals surface area contributed by atoms with E-state index in [0.717, 1.165) is 0 Å². The van der Waals surface area contributed by atoms with Gasteiger partial charge in [0.25, 0.3) is 0 Å². The first-order valence-electron chi connectivity index (χ1n) is 4.21. The fourth-order valence-corrected chi connectivity index (χ4v) is 2.01. The van der Waals surface area contributed by atoms with Crippen molar-refractivity contribution in [1.82, 2.24) is 0 Å². The molecule has 1 aliphatic heterocycles. The van der Waals surface area contributed by atoms with Gasteiger partial charge in [0, 0.05) is 5.92 Å². The zero-order valence-corrected chi connectivity index (χ0v) is 6.64. The van der Waals surface area contributed by atoms with Gasteiger partial charge in [-0.15, -0.1) is 0 Å². The summed E-state index contributed by atoms with van der Waals surface area (Å²) in [6.07, 6.45) is -0.597. The van der Waals surface area contributed by atoms with Crippen LogP contribution < -0.4 is 0 Å². The van der Waals surface area contributed by atoms with Crippen molar-refractivity contribution >= 4 is 5.97 Å². The van der Waals surface area contributed by atoms with E-state index in [1.807, 2.05) is 0 Å². The predicted molar refractivity (Wildman–Crippen MR) is 39.2 cm³/mol. The quantitative estimate of drug-likeness (QED) is 0.474. The molecule has 0 bridgehead atoms. The summed E-state index contributed by atoms with van der Waals surface area (Å²) in [5, 5.41) is 18.6. The number of hydrogen-bond donors (Lipinski definition) is 2. The Labute approximate surface area is 70.1 Å². The van der Waals surface area contributed by atoms with Crippen LogP contribution >= 0.6 is 0 Å². The highest BCUT2D eigenvalue weighted by Gasteiger charge is 2.44. The molecule has 0 radical (unpaired) electrons. The van der Waals surface area contributed by atoms with Gasteiger partial charge in [0.2, 0.25) is 0 Å². The van der Waals surface area contributed by atoms with Gasteiger partial charge < -0.3 is 14.9 Å². The first-order valence-corrected chi connectivity index (χ1v) is 4.21. The highest BCUT2D eigenvalue weighted by atomic mass is 16.5. The van der Waals surface area contributed by atoms with Gasteiger partial charge in [0.05, 0.1) is 24.7 Å². The zero-order valence-electron chi connectivity index (χ0n) is 6.64. The van der Waals surface area contributed by atoms with Crippen molar-refractivity contribution in [2.24, 2.45) is 11.8 Å². The van der Waals surface area contributed by atoms with E-state index in [1.165, 1.54) is 0 Å². The number of carbonyl (C=O) groups excluding carboxylic acids is 1. The van der Waals surface area contributed by atoms with Gasteiger partial charge in [-0.25, -0.2) is 0 Å². The number of fused-ring (bicyclic) bond motifs is 1. The number of esters is 1. The van der Waals surface area contributed by atoms with E-state index >= 15 is 0 Å². The van der Waals surface area contributed by atoms with Crippen molar-refractivity contribution in [1.29, 1.82) is 0 Å². The molecule has 0 aromatic carbocycles. The van der Waals surface area contributed by atoms with Crippen LogP contribution in [0.2, 0.25) is 0 Å². The highest BCUT2D eigenvalue weighted by Crippen LogP contribution is 2.35. The fourth-order valence-electron chi connectivity index (χ4n) is 2.01. The normalized spacial score (nSPS) is 47.0. The second kappa shape index (κ2) is 2.71. The van der Waals surface area contributed by atoms with Crippen LogP contribution in [0, 0.1) is 11.8 Å². The lowest BCUT2D eigenvalue weighted by Gasteiger charge is -2.29. The molecule has 1 saturated carbocycles. The number of rotatable bonds is 0. The highest BCUT2D eigenvalue weighted by molar-refractivity contribution is 5.75. The molecule has 4 unspecified atom stereocenters. The number of cyclic esters (lactones) is 1. The molecule has 1 saturated heterocycles. The van der Waals surface area contributed by atoms with Gasteiger partial charge in [0.1, 0.15) is 0 Å². The lowest BCUT2D eigenvalue weighted by Crippen LogP contribution is -2.39. The number of carbonyl (C=O) groups is 1. The van der Waals surface area contributed by atoms with Crippen LogP contribution in [0.3, 0.4) is 0 Å². The van der Waals surface area contributed by atoms with Crippen molar-refractivity contribution in [2.45, 2.75) is 25.0 Å². The smallest absolute Gasteiger partial charge is 0.309 e. The molecule has 68 valence electrons. The van der Waals surface area contributed by atoms with Crippen LogP contribution in [0.1, 0.15) is 12.8 Å². The maximum atomic E-state index is 11.0. The third-order valence-electron chi connectivity index (χ3n) is 2.80. The van der Waals surface area contributed by atoms with Crippen LogP contribution in [0.5, 0.6) is 0 Å². The maximum Gasteiger partial charge on any atom is 0.309 e. The van der Waals surface area contributed by atoms with Crippen molar-refractivity contribution < 1.29 is 19.7 Å². The van der Waals surface area contributed by atoms with Crippen LogP contribution in [-0.2, 0) is 9.53 Å². The van der Waals surface area contributed by atoms with Gasteiger partial charge in [0.15, 0.2) is 0 Å². The first kappa shape index (κ1) is 8.01. The molecule has 12 heavy (non-hydrogen) atoms. The van der Waals surface area contributed by atoms with Crippen LogP contribution in [-0.4, -0.2) is 35.0 Å². The van der Waals surface area contributed by atoms with E-state index in [4.69, 9.17) is 4.74 Å². The summed E-state index contributed by atoms with van der Waals surface area (Å²) in [5.41, 5.74) is 0. The minimum absolute atomic E-state index is 0.121.